The molecule has 31 heavy (non-hydrogen) atoms. The van der Waals surface area contributed by atoms with E-state index in [0.717, 1.165) is 45.0 Å². The number of piperidine rings is 1. The second-order valence-corrected chi connectivity index (χ2v) is 9.25. The zero-order chi connectivity index (χ0) is 21.6. The van der Waals surface area contributed by atoms with Gasteiger partial charge in [-0.2, -0.15) is 0 Å². The van der Waals surface area contributed by atoms with Gasteiger partial charge >= 0.3 is 6.03 Å². The van der Waals surface area contributed by atoms with E-state index in [0.29, 0.717) is 17.0 Å². The van der Waals surface area contributed by atoms with Crippen molar-refractivity contribution >= 4 is 23.3 Å². The van der Waals surface area contributed by atoms with Crippen LogP contribution < -0.4 is 5.32 Å². The van der Waals surface area contributed by atoms with E-state index in [2.05, 4.69) is 52.4 Å². The van der Waals surface area contributed by atoms with Crippen molar-refractivity contribution in [3.05, 3.63) is 65.2 Å². The van der Waals surface area contributed by atoms with Crippen LogP contribution in [-0.4, -0.2) is 66.5 Å². The van der Waals surface area contributed by atoms with Gasteiger partial charge < -0.3 is 10.2 Å². The average molecular weight is 441 g/mol. The van der Waals surface area contributed by atoms with Crippen molar-refractivity contribution in [2.45, 2.75) is 25.8 Å². The van der Waals surface area contributed by atoms with Crippen LogP contribution in [0.25, 0.3) is 0 Å². The number of amides is 2. The monoisotopic (exact) mass is 440 g/mol. The van der Waals surface area contributed by atoms with E-state index in [9.17, 15) is 4.79 Å². The Kier molecular flexibility index (Phi) is 7.49. The lowest BCUT2D eigenvalue weighted by atomic mass is 9.94. The molecule has 4 rings (SSSR count). The van der Waals surface area contributed by atoms with Gasteiger partial charge in [0.1, 0.15) is 0 Å². The minimum atomic E-state index is -0.0394. The molecule has 6 heteroatoms. The SMILES string of the molecule is CC(c1ccccc1)N1CCCC(CN2CCN(C(=O)Nc3cccc(Cl)c3)CC2)C1. The highest BCUT2D eigenvalue weighted by molar-refractivity contribution is 6.30. The molecule has 2 amide bonds. The number of urea groups is 1. The van der Waals surface area contributed by atoms with E-state index in [1.54, 1.807) is 6.07 Å². The van der Waals surface area contributed by atoms with E-state index in [1.807, 2.05) is 23.1 Å². The number of anilines is 1. The fourth-order valence-electron chi connectivity index (χ4n) is 4.81. The second kappa shape index (κ2) is 10.5. The van der Waals surface area contributed by atoms with Crippen molar-refractivity contribution in [1.29, 1.82) is 0 Å². The molecule has 2 fully saturated rings. The minimum Gasteiger partial charge on any atom is -0.322 e. The maximum absolute atomic E-state index is 12.6. The molecule has 2 aromatic rings. The predicted octanol–water partition coefficient (Wildman–Crippen LogP) is 4.96. The Balaban J connectivity index is 1.23. The van der Waals surface area contributed by atoms with Gasteiger partial charge in [-0.1, -0.05) is 48.0 Å². The molecule has 0 spiro atoms. The molecule has 0 radical (unpaired) electrons. The molecule has 2 aromatic carbocycles. The third kappa shape index (κ3) is 6.00. The van der Waals surface area contributed by atoms with Gasteiger partial charge in [0.25, 0.3) is 0 Å². The predicted molar refractivity (Wildman–Crippen MR) is 128 cm³/mol. The third-order valence-electron chi connectivity index (χ3n) is 6.63. The van der Waals surface area contributed by atoms with Crippen LogP contribution in [0.15, 0.2) is 54.6 Å². The number of carbonyl (C=O) groups excluding carboxylic acids is 1. The number of rotatable bonds is 5. The first kappa shape index (κ1) is 22.1. The Hall–Kier alpha value is -2.08. The lowest BCUT2D eigenvalue weighted by molar-refractivity contribution is 0.0848. The molecule has 2 atom stereocenters. The standard InChI is InChI=1S/C25H33ClN4O/c1-20(22-8-3-2-4-9-22)30-12-6-7-21(19-30)18-28-13-15-29(16-14-28)25(31)27-24-11-5-10-23(26)17-24/h2-5,8-11,17,20-21H,6-7,12-16,18-19H2,1H3,(H,27,31). The van der Waals surface area contributed by atoms with Gasteiger partial charge in [-0.25, -0.2) is 4.79 Å². The molecular weight excluding hydrogens is 408 g/mol. The van der Waals surface area contributed by atoms with Gasteiger partial charge in [0, 0.05) is 56.0 Å². The highest BCUT2D eigenvalue weighted by Crippen LogP contribution is 2.27. The van der Waals surface area contributed by atoms with Crippen LogP contribution in [0, 0.1) is 5.92 Å². The number of hydrogen-bond acceptors (Lipinski definition) is 3. The molecule has 2 saturated heterocycles. The van der Waals surface area contributed by atoms with Crippen LogP contribution in [0.2, 0.25) is 5.02 Å². The van der Waals surface area contributed by atoms with E-state index in [1.165, 1.54) is 24.9 Å². The van der Waals surface area contributed by atoms with Crippen LogP contribution in [0.4, 0.5) is 10.5 Å². The average Bonchev–Trinajstić information content (AvgIpc) is 2.80. The molecule has 0 bridgehead atoms. The summed E-state index contributed by atoms with van der Waals surface area (Å²) in [5.74, 6) is 0.701. The fraction of sp³-hybridized carbons (Fsp3) is 0.480. The number of nitrogens with zero attached hydrogens (tertiary/aromatic N) is 3. The van der Waals surface area contributed by atoms with Crippen molar-refractivity contribution in [3.63, 3.8) is 0 Å². The molecule has 2 aliphatic heterocycles. The topological polar surface area (TPSA) is 38.8 Å². The maximum atomic E-state index is 12.6. The molecule has 166 valence electrons. The fourth-order valence-corrected chi connectivity index (χ4v) is 5.00. The number of hydrogen-bond donors (Lipinski definition) is 1. The summed E-state index contributed by atoms with van der Waals surface area (Å²) in [6, 6.07) is 18.6. The number of halogens is 1. The number of carbonyl (C=O) groups is 1. The Morgan fingerprint density at radius 1 is 1.06 bits per heavy atom. The molecule has 2 aliphatic rings. The molecule has 5 nitrogen and oxygen atoms in total. The van der Waals surface area contributed by atoms with Crippen LogP contribution >= 0.6 is 11.6 Å². The molecule has 2 heterocycles. The van der Waals surface area contributed by atoms with Crippen LogP contribution in [0.5, 0.6) is 0 Å². The Bertz CT molecular complexity index is 854. The number of benzene rings is 2. The maximum Gasteiger partial charge on any atom is 0.321 e. The largest absolute Gasteiger partial charge is 0.322 e. The second-order valence-electron chi connectivity index (χ2n) is 8.82. The van der Waals surface area contributed by atoms with Crippen LogP contribution in [0.1, 0.15) is 31.4 Å². The zero-order valence-corrected chi connectivity index (χ0v) is 19.1. The van der Waals surface area contributed by atoms with Gasteiger partial charge in [-0.15, -0.1) is 0 Å². The quantitative estimate of drug-likeness (QED) is 0.713. The molecular formula is C25H33ClN4O. The molecule has 0 aromatic heterocycles. The summed E-state index contributed by atoms with van der Waals surface area (Å²) in [6.07, 6.45) is 2.57. The minimum absolute atomic E-state index is 0.0394. The first-order valence-corrected chi connectivity index (χ1v) is 11.8. The van der Waals surface area contributed by atoms with E-state index in [4.69, 9.17) is 11.6 Å². The molecule has 0 aliphatic carbocycles. The van der Waals surface area contributed by atoms with E-state index in [-0.39, 0.29) is 6.03 Å². The van der Waals surface area contributed by atoms with Crippen molar-refractivity contribution in [2.24, 2.45) is 5.92 Å². The number of likely N-dealkylation sites (tertiary alicyclic amines) is 1. The van der Waals surface area contributed by atoms with Crippen LogP contribution in [-0.2, 0) is 0 Å². The van der Waals surface area contributed by atoms with Crippen molar-refractivity contribution < 1.29 is 4.79 Å². The molecule has 0 saturated carbocycles. The van der Waals surface area contributed by atoms with Crippen molar-refractivity contribution in [3.8, 4) is 0 Å². The highest BCUT2D eigenvalue weighted by Gasteiger charge is 2.28. The summed E-state index contributed by atoms with van der Waals surface area (Å²) in [6.45, 7) is 9.21. The van der Waals surface area contributed by atoms with Crippen molar-refractivity contribution in [1.82, 2.24) is 14.7 Å². The zero-order valence-electron chi connectivity index (χ0n) is 18.3. The van der Waals surface area contributed by atoms with Gasteiger partial charge in [0.05, 0.1) is 0 Å². The van der Waals surface area contributed by atoms with E-state index >= 15 is 0 Å². The molecule has 2 unspecified atom stereocenters. The first-order chi connectivity index (χ1) is 15.1. The van der Waals surface area contributed by atoms with Crippen molar-refractivity contribution in [2.75, 3.05) is 51.1 Å². The summed E-state index contributed by atoms with van der Waals surface area (Å²) in [5.41, 5.74) is 2.15. The van der Waals surface area contributed by atoms with Gasteiger partial charge in [-0.3, -0.25) is 9.80 Å². The number of piperazine rings is 1. The smallest absolute Gasteiger partial charge is 0.321 e. The summed E-state index contributed by atoms with van der Waals surface area (Å²) in [4.78, 5) is 19.6. The van der Waals surface area contributed by atoms with Crippen LogP contribution in [0.3, 0.4) is 0 Å². The molecule has 1 N–H and O–H groups in total. The van der Waals surface area contributed by atoms with E-state index < -0.39 is 0 Å². The summed E-state index contributed by atoms with van der Waals surface area (Å²) in [5, 5.41) is 3.59. The third-order valence-corrected chi connectivity index (χ3v) is 6.87. The summed E-state index contributed by atoms with van der Waals surface area (Å²) < 4.78 is 0. The van der Waals surface area contributed by atoms with Gasteiger partial charge in [0.2, 0.25) is 0 Å². The first-order valence-electron chi connectivity index (χ1n) is 11.4. The normalized spacial score (nSPS) is 21.6. The lowest BCUT2D eigenvalue weighted by Crippen LogP contribution is -2.52. The Morgan fingerprint density at radius 3 is 2.58 bits per heavy atom. The summed E-state index contributed by atoms with van der Waals surface area (Å²) in [7, 11) is 0. The summed E-state index contributed by atoms with van der Waals surface area (Å²) >= 11 is 6.02. The van der Waals surface area contributed by atoms with Gasteiger partial charge in [-0.05, 0) is 56.0 Å². The lowest BCUT2D eigenvalue weighted by Gasteiger charge is -2.41. The Labute approximate surface area is 191 Å². The van der Waals surface area contributed by atoms with Gasteiger partial charge in [0.15, 0.2) is 0 Å². The number of nitrogens with one attached hydrogen (secondary N) is 1. The Morgan fingerprint density at radius 2 is 1.84 bits per heavy atom. The highest BCUT2D eigenvalue weighted by atomic mass is 35.5.